The summed E-state index contributed by atoms with van der Waals surface area (Å²) in [7, 11) is 1.67. The standard InChI is InChI=1S/C17H28N4O2.HI/c1-5-18-17(21-14(3)12-23-4)20-10-9-19-16(22)15-8-6-7-13(2)11-15;/h6-8,11,14H,5,9-10,12H2,1-4H3,(H,19,22)(H2,18,20,21);1H. The lowest BCUT2D eigenvalue weighted by Crippen LogP contribution is -2.44. The molecule has 0 fully saturated rings. The molecular formula is C17H29IN4O2. The summed E-state index contributed by atoms with van der Waals surface area (Å²) in [5.41, 5.74) is 1.74. The fraction of sp³-hybridized carbons (Fsp3) is 0.529. The van der Waals surface area contributed by atoms with E-state index >= 15 is 0 Å². The molecular weight excluding hydrogens is 419 g/mol. The lowest BCUT2D eigenvalue weighted by Gasteiger charge is -2.17. The molecule has 0 aliphatic carbocycles. The summed E-state index contributed by atoms with van der Waals surface area (Å²) < 4.78 is 5.10. The van der Waals surface area contributed by atoms with Crippen molar-refractivity contribution in [3.8, 4) is 0 Å². The molecule has 1 amide bonds. The van der Waals surface area contributed by atoms with Gasteiger partial charge < -0.3 is 20.7 Å². The van der Waals surface area contributed by atoms with E-state index in [-0.39, 0.29) is 35.9 Å². The van der Waals surface area contributed by atoms with Crippen molar-refractivity contribution in [1.29, 1.82) is 0 Å². The number of methoxy groups -OCH3 is 1. The zero-order valence-electron chi connectivity index (χ0n) is 14.9. The zero-order chi connectivity index (χ0) is 17.1. The van der Waals surface area contributed by atoms with Crippen LogP contribution in [0.4, 0.5) is 0 Å². The first kappa shape index (κ1) is 22.6. The first-order chi connectivity index (χ1) is 11.1. The van der Waals surface area contributed by atoms with Crippen LogP contribution in [0, 0.1) is 6.92 Å². The number of hydrogen-bond donors (Lipinski definition) is 3. The highest BCUT2D eigenvalue weighted by Crippen LogP contribution is 2.03. The van der Waals surface area contributed by atoms with Crippen molar-refractivity contribution in [1.82, 2.24) is 16.0 Å². The van der Waals surface area contributed by atoms with Crippen LogP contribution in [-0.2, 0) is 4.74 Å². The van der Waals surface area contributed by atoms with E-state index in [1.54, 1.807) is 7.11 Å². The third-order valence-corrected chi connectivity index (χ3v) is 3.09. The molecule has 7 heteroatoms. The fourth-order valence-corrected chi connectivity index (χ4v) is 2.07. The Bertz CT molecular complexity index is 523. The van der Waals surface area contributed by atoms with Crippen LogP contribution in [0.5, 0.6) is 0 Å². The van der Waals surface area contributed by atoms with E-state index in [1.807, 2.05) is 45.0 Å². The van der Waals surface area contributed by atoms with Crippen LogP contribution in [0.1, 0.15) is 29.8 Å². The molecule has 0 saturated carbocycles. The number of carbonyl (C=O) groups excluding carboxylic acids is 1. The highest BCUT2D eigenvalue weighted by atomic mass is 127. The molecule has 0 saturated heterocycles. The van der Waals surface area contributed by atoms with Gasteiger partial charge in [-0.1, -0.05) is 17.7 Å². The van der Waals surface area contributed by atoms with Crippen LogP contribution in [0.3, 0.4) is 0 Å². The van der Waals surface area contributed by atoms with Crippen LogP contribution >= 0.6 is 24.0 Å². The van der Waals surface area contributed by atoms with Gasteiger partial charge in [0.05, 0.1) is 13.2 Å². The van der Waals surface area contributed by atoms with Gasteiger partial charge in [-0.15, -0.1) is 24.0 Å². The molecule has 0 aromatic heterocycles. The third kappa shape index (κ3) is 9.07. The summed E-state index contributed by atoms with van der Waals surface area (Å²) >= 11 is 0. The van der Waals surface area contributed by atoms with Gasteiger partial charge in [-0.2, -0.15) is 0 Å². The van der Waals surface area contributed by atoms with Gasteiger partial charge in [0.2, 0.25) is 0 Å². The molecule has 6 nitrogen and oxygen atoms in total. The highest BCUT2D eigenvalue weighted by molar-refractivity contribution is 14.0. The van der Waals surface area contributed by atoms with Crippen molar-refractivity contribution >= 4 is 35.8 Å². The summed E-state index contributed by atoms with van der Waals surface area (Å²) in [5.74, 6) is 0.650. The van der Waals surface area contributed by atoms with Gasteiger partial charge in [-0.3, -0.25) is 9.79 Å². The molecule has 1 rings (SSSR count). The Labute approximate surface area is 161 Å². The Kier molecular flexibility index (Phi) is 12.3. The number of aliphatic imine (C=N–C) groups is 1. The summed E-state index contributed by atoms with van der Waals surface area (Å²) in [6.45, 7) is 8.38. The van der Waals surface area contributed by atoms with Crippen molar-refractivity contribution < 1.29 is 9.53 Å². The molecule has 1 unspecified atom stereocenters. The van der Waals surface area contributed by atoms with Gasteiger partial charge in [0.15, 0.2) is 5.96 Å². The Morgan fingerprint density at radius 1 is 1.33 bits per heavy atom. The van der Waals surface area contributed by atoms with Gasteiger partial charge in [0, 0.05) is 31.8 Å². The van der Waals surface area contributed by atoms with Crippen molar-refractivity contribution in [2.75, 3.05) is 33.4 Å². The molecule has 0 aliphatic heterocycles. The number of ether oxygens (including phenoxy) is 1. The number of benzene rings is 1. The Morgan fingerprint density at radius 3 is 2.71 bits per heavy atom. The minimum atomic E-state index is -0.0744. The SMILES string of the molecule is CCNC(=NCCNC(=O)c1cccc(C)c1)NC(C)COC.I. The Balaban J connectivity index is 0.00000529. The molecule has 136 valence electrons. The van der Waals surface area contributed by atoms with Crippen LogP contribution in [0.25, 0.3) is 0 Å². The first-order valence-corrected chi connectivity index (χ1v) is 7.95. The maximum Gasteiger partial charge on any atom is 0.251 e. The predicted molar refractivity (Wildman–Crippen MR) is 109 cm³/mol. The Hall–Kier alpha value is -1.35. The van der Waals surface area contributed by atoms with Crippen molar-refractivity contribution in [2.24, 2.45) is 4.99 Å². The van der Waals surface area contributed by atoms with E-state index in [0.29, 0.717) is 25.3 Å². The van der Waals surface area contributed by atoms with Crippen LogP contribution in [0.2, 0.25) is 0 Å². The first-order valence-electron chi connectivity index (χ1n) is 7.95. The highest BCUT2D eigenvalue weighted by Gasteiger charge is 2.06. The number of carbonyl (C=O) groups is 1. The second-order valence-corrected chi connectivity index (χ2v) is 5.39. The van der Waals surface area contributed by atoms with Gasteiger partial charge in [-0.05, 0) is 32.9 Å². The number of halogens is 1. The lowest BCUT2D eigenvalue weighted by atomic mass is 10.1. The van der Waals surface area contributed by atoms with Crippen LogP contribution < -0.4 is 16.0 Å². The zero-order valence-corrected chi connectivity index (χ0v) is 17.2. The van der Waals surface area contributed by atoms with E-state index in [4.69, 9.17) is 4.74 Å². The van der Waals surface area contributed by atoms with Gasteiger partial charge in [0.1, 0.15) is 0 Å². The number of guanidine groups is 1. The quantitative estimate of drug-likeness (QED) is 0.246. The summed E-state index contributed by atoms with van der Waals surface area (Å²) in [4.78, 5) is 16.5. The van der Waals surface area contributed by atoms with Gasteiger partial charge in [-0.25, -0.2) is 0 Å². The van der Waals surface area contributed by atoms with Gasteiger partial charge >= 0.3 is 0 Å². The summed E-state index contributed by atoms with van der Waals surface area (Å²) in [5, 5.41) is 9.29. The van der Waals surface area contributed by atoms with Crippen molar-refractivity contribution in [3.05, 3.63) is 35.4 Å². The molecule has 0 bridgehead atoms. The predicted octanol–water partition coefficient (Wildman–Crippen LogP) is 1.93. The van der Waals surface area contributed by atoms with Crippen molar-refractivity contribution in [3.63, 3.8) is 0 Å². The third-order valence-electron chi connectivity index (χ3n) is 3.09. The van der Waals surface area contributed by atoms with E-state index in [1.165, 1.54) is 0 Å². The molecule has 1 atom stereocenters. The molecule has 0 radical (unpaired) electrons. The second-order valence-electron chi connectivity index (χ2n) is 5.39. The maximum atomic E-state index is 12.0. The minimum absolute atomic E-state index is 0. The normalized spacial score (nSPS) is 12.1. The number of nitrogens with zero attached hydrogens (tertiary/aromatic N) is 1. The number of hydrogen-bond acceptors (Lipinski definition) is 3. The number of amides is 1. The molecule has 3 N–H and O–H groups in total. The molecule has 0 heterocycles. The molecule has 1 aromatic carbocycles. The summed E-state index contributed by atoms with van der Waals surface area (Å²) in [6, 6.07) is 7.70. The minimum Gasteiger partial charge on any atom is -0.383 e. The second kappa shape index (κ2) is 13.0. The molecule has 0 spiro atoms. The average Bonchev–Trinajstić information content (AvgIpc) is 2.51. The number of nitrogens with one attached hydrogen (secondary N) is 3. The van der Waals surface area contributed by atoms with Crippen LogP contribution in [-0.4, -0.2) is 51.3 Å². The maximum absolute atomic E-state index is 12.0. The topological polar surface area (TPSA) is 74.8 Å². The van der Waals surface area contributed by atoms with E-state index in [2.05, 4.69) is 20.9 Å². The number of rotatable bonds is 8. The molecule has 0 aliphatic rings. The average molecular weight is 448 g/mol. The fourth-order valence-electron chi connectivity index (χ4n) is 2.07. The summed E-state index contributed by atoms with van der Waals surface area (Å²) in [6.07, 6.45) is 0. The lowest BCUT2D eigenvalue weighted by molar-refractivity contribution is 0.0954. The molecule has 1 aromatic rings. The number of aryl methyl sites for hydroxylation is 1. The smallest absolute Gasteiger partial charge is 0.251 e. The van der Waals surface area contributed by atoms with E-state index < -0.39 is 0 Å². The molecule has 24 heavy (non-hydrogen) atoms. The van der Waals surface area contributed by atoms with Crippen molar-refractivity contribution in [2.45, 2.75) is 26.8 Å². The van der Waals surface area contributed by atoms with Crippen LogP contribution in [0.15, 0.2) is 29.3 Å². The monoisotopic (exact) mass is 448 g/mol. The largest absolute Gasteiger partial charge is 0.383 e. The van der Waals surface area contributed by atoms with E-state index in [0.717, 1.165) is 18.1 Å². The van der Waals surface area contributed by atoms with Gasteiger partial charge in [0.25, 0.3) is 5.91 Å². The van der Waals surface area contributed by atoms with E-state index in [9.17, 15) is 4.79 Å². The Morgan fingerprint density at radius 2 is 2.08 bits per heavy atom.